The molecular weight excluding hydrogens is 251 g/mol. The van der Waals surface area contributed by atoms with Crippen LogP contribution in [0.5, 0.6) is 0 Å². The number of aryl methyl sites for hydroxylation is 1. The maximum atomic E-state index is 13.3. The molecule has 20 heavy (non-hydrogen) atoms. The number of carbonyl (C=O) groups excluding carboxylic acids is 1. The van der Waals surface area contributed by atoms with Crippen LogP contribution in [0, 0.1) is 12.7 Å². The summed E-state index contributed by atoms with van der Waals surface area (Å²) in [5.41, 5.74) is 3.00. The Kier molecular flexibility index (Phi) is 3.39. The van der Waals surface area contributed by atoms with Crippen LogP contribution in [0.15, 0.2) is 42.5 Å². The Balaban J connectivity index is 1.91. The van der Waals surface area contributed by atoms with Crippen LogP contribution >= 0.6 is 0 Å². The second-order valence-electron chi connectivity index (χ2n) is 5.55. The molecule has 2 aromatic rings. The zero-order valence-electron chi connectivity index (χ0n) is 11.5. The van der Waals surface area contributed by atoms with Gasteiger partial charge in [-0.1, -0.05) is 24.6 Å². The number of benzene rings is 2. The topological polar surface area (TPSA) is 17.1 Å². The third-order valence-corrected chi connectivity index (χ3v) is 4.15. The van der Waals surface area contributed by atoms with Gasteiger partial charge in [0.1, 0.15) is 5.82 Å². The average Bonchev–Trinajstić information content (AvgIpc) is 2.39. The number of halogens is 1. The van der Waals surface area contributed by atoms with Crippen LogP contribution in [-0.2, 0) is 0 Å². The van der Waals surface area contributed by atoms with Gasteiger partial charge in [0.05, 0.1) is 0 Å². The molecule has 0 aliphatic heterocycles. The van der Waals surface area contributed by atoms with Crippen LogP contribution in [0.3, 0.4) is 0 Å². The lowest BCUT2D eigenvalue weighted by Gasteiger charge is -2.26. The fourth-order valence-electron chi connectivity index (χ4n) is 2.63. The van der Waals surface area contributed by atoms with Gasteiger partial charge >= 0.3 is 0 Å². The molecule has 0 amide bonds. The van der Waals surface area contributed by atoms with E-state index in [-0.39, 0.29) is 11.6 Å². The van der Waals surface area contributed by atoms with Crippen LogP contribution in [-0.4, -0.2) is 5.78 Å². The summed E-state index contributed by atoms with van der Waals surface area (Å²) in [6.07, 6.45) is 3.71. The number of carbonyl (C=O) groups is 1. The molecule has 2 heteroatoms. The highest BCUT2D eigenvalue weighted by Crippen LogP contribution is 2.36. The van der Waals surface area contributed by atoms with Crippen LogP contribution in [0.2, 0.25) is 0 Å². The van der Waals surface area contributed by atoms with Gasteiger partial charge in [-0.05, 0) is 61.1 Å². The molecule has 0 saturated heterocycles. The summed E-state index contributed by atoms with van der Waals surface area (Å²) in [6.45, 7) is 1.68. The summed E-state index contributed by atoms with van der Waals surface area (Å²) in [5.74, 6) is 0.303. The lowest BCUT2D eigenvalue weighted by molar-refractivity contribution is 0.103. The van der Waals surface area contributed by atoms with Gasteiger partial charge in [-0.15, -0.1) is 0 Å². The predicted molar refractivity (Wildman–Crippen MR) is 77.6 cm³/mol. The van der Waals surface area contributed by atoms with Crippen LogP contribution in [0.1, 0.15) is 52.2 Å². The molecule has 0 bridgehead atoms. The molecule has 0 radical (unpaired) electrons. The normalized spacial score (nSPS) is 14.9. The van der Waals surface area contributed by atoms with Crippen molar-refractivity contribution in [3.05, 3.63) is 70.5 Å². The van der Waals surface area contributed by atoms with Crippen molar-refractivity contribution in [3.63, 3.8) is 0 Å². The second kappa shape index (κ2) is 5.20. The third-order valence-electron chi connectivity index (χ3n) is 4.15. The van der Waals surface area contributed by atoms with Gasteiger partial charge in [0.15, 0.2) is 5.78 Å². The third kappa shape index (κ3) is 2.38. The number of hydrogen-bond donors (Lipinski definition) is 0. The fourth-order valence-corrected chi connectivity index (χ4v) is 2.63. The number of hydrogen-bond acceptors (Lipinski definition) is 1. The first-order chi connectivity index (χ1) is 9.65. The Hall–Kier alpha value is -1.96. The zero-order valence-corrected chi connectivity index (χ0v) is 11.5. The molecule has 1 fully saturated rings. The molecule has 1 nitrogen and oxygen atoms in total. The quantitative estimate of drug-likeness (QED) is 0.741. The van der Waals surface area contributed by atoms with Crippen molar-refractivity contribution in [1.82, 2.24) is 0 Å². The van der Waals surface area contributed by atoms with Gasteiger partial charge in [0.25, 0.3) is 0 Å². The lowest BCUT2D eigenvalue weighted by Crippen LogP contribution is -2.10. The molecule has 1 saturated carbocycles. The lowest BCUT2D eigenvalue weighted by atomic mass is 9.79. The van der Waals surface area contributed by atoms with E-state index in [1.807, 2.05) is 18.2 Å². The monoisotopic (exact) mass is 268 g/mol. The Morgan fingerprint density at radius 1 is 1.10 bits per heavy atom. The molecule has 0 unspecified atom stereocenters. The predicted octanol–water partition coefficient (Wildman–Crippen LogP) is 4.63. The smallest absolute Gasteiger partial charge is 0.193 e. The average molecular weight is 268 g/mol. The van der Waals surface area contributed by atoms with E-state index in [0.29, 0.717) is 22.6 Å². The molecule has 0 heterocycles. The van der Waals surface area contributed by atoms with E-state index in [1.54, 1.807) is 19.1 Å². The fraction of sp³-hybridized carbons (Fsp3) is 0.278. The van der Waals surface area contributed by atoms with Crippen LogP contribution in [0.25, 0.3) is 0 Å². The minimum absolute atomic E-state index is 0.0331. The van der Waals surface area contributed by atoms with E-state index in [1.165, 1.54) is 30.9 Å². The summed E-state index contributed by atoms with van der Waals surface area (Å²) < 4.78 is 13.3. The molecule has 3 rings (SSSR count). The van der Waals surface area contributed by atoms with E-state index < -0.39 is 0 Å². The van der Waals surface area contributed by atoms with Crippen molar-refractivity contribution in [2.24, 2.45) is 0 Å². The van der Waals surface area contributed by atoms with Gasteiger partial charge in [0.2, 0.25) is 0 Å². The summed E-state index contributed by atoms with van der Waals surface area (Å²) in [7, 11) is 0. The van der Waals surface area contributed by atoms with E-state index in [4.69, 9.17) is 0 Å². The highest BCUT2D eigenvalue weighted by atomic mass is 19.1. The molecule has 1 aliphatic carbocycles. The largest absolute Gasteiger partial charge is 0.289 e. The summed E-state index contributed by atoms with van der Waals surface area (Å²) >= 11 is 0. The Bertz CT molecular complexity index is 656. The molecule has 0 atom stereocenters. The molecule has 0 spiro atoms. The molecule has 102 valence electrons. The Morgan fingerprint density at radius 2 is 1.85 bits per heavy atom. The summed E-state index contributed by atoms with van der Waals surface area (Å²) in [5, 5.41) is 0. The standard InChI is InChI=1S/C18H17FO/c1-12-10-16(8-9-17(12)19)18(20)15-7-3-6-14(11-15)13-4-2-5-13/h3,6-11,13H,2,4-5H2,1H3. The van der Waals surface area contributed by atoms with Crippen molar-refractivity contribution in [1.29, 1.82) is 0 Å². The first-order valence-corrected chi connectivity index (χ1v) is 7.06. The second-order valence-corrected chi connectivity index (χ2v) is 5.55. The number of ketones is 1. The van der Waals surface area contributed by atoms with Crippen molar-refractivity contribution >= 4 is 5.78 Å². The Morgan fingerprint density at radius 3 is 2.50 bits per heavy atom. The molecular formula is C18H17FO. The first kappa shape index (κ1) is 13.0. The maximum absolute atomic E-state index is 13.3. The molecule has 0 aromatic heterocycles. The maximum Gasteiger partial charge on any atom is 0.193 e. The van der Waals surface area contributed by atoms with Gasteiger partial charge in [-0.2, -0.15) is 0 Å². The van der Waals surface area contributed by atoms with Crippen LogP contribution < -0.4 is 0 Å². The zero-order chi connectivity index (χ0) is 14.1. The first-order valence-electron chi connectivity index (χ1n) is 7.06. The molecule has 1 aliphatic rings. The van der Waals surface area contributed by atoms with E-state index in [9.17, 15) is 9.18 Å². The van der Waals surface area contributed by atoms with Crippen LogP contribution in [0.4, 0.5) is 4.39 Å². The minimum Gasteiger partial charge on any atom is -0.289 e. The van der Waals surface area contributed by atoms with E-state index in [0.717, 1.165) is 0 Å². The van der Waals surface area contributed by atoms with Gasteiger partial charge in [-0.25, -0.2) is 4.39 Å². The van der Waals surface area contributed by atoms with Crippen molar-refractivity contribution < 1.29 is 9.18 Å². The van der Waals surface area contributed by atoms with Crippen molar-refractivity contribution in [3.8, 4) is 0 Å². The highest BCUT2D eigenvalue weighted by molar-refractivity contribution is 6.09. The van der Waals surface area contributed by atoms with E-state index >= 15 is 0 Å². The molecule has 0 N–H and O–H groups in total. The van der Waals surface area contributed by atoms with Gasteiger partial charge < -0.3 is 0 Å². The SMILES string of the molecule is Cc1cc(C(=O)c2cccc(C3CCC3)c2)ccc1F. The minimum atomic E-state index is -0.273. The summed E-state index contributed by atoms with van der Waals surface area (Å²) in [6, 6.07) is 12.4. The molecule has 2 aromatic carbocycles. The van der Waals surface area contributed by atoms with Crippen molar-refractivity contribution in [2.75, 3.05) is 0 Å². The summed E-state index contributed by atoms with van der Waals surface area (Å²) in [4.78, 5) is 12.5. The number of rotatable bonds is 3. The van der Waals surface area contributed by atoms with Crippen molar-refractivity contribution in [2.45, 2.75) is 32.1 Å². The van der Waals surface area contributed by atoms with Gasteiger partial charge in [-0.3, -0.25) is 4.79 Å². The van der Waals surface area contributed by atoms with Gasteiger partial charge in [0, 0.05) is 11.1 Å². The highest BCUT2D eigenvalue weighted by Gasteiger charge is 2.20. The van der Waals surface area contributed by atoms with E-state index in [2.05, 4.69) is 6.07 Å². The Labute approximate surface area is 118 Å².